The number of carbonyl (C=O) groups is 1. The Balaban J connectivity index is 1.42. The van der Waals surface area contributed by atoms with Crippen LogP contribution in [0.1, 0.15) is 0 Å². The Hall–Kier alpha value is -4.91. The van der Waals surface area contributed by atoms with E-state index in [2.05, 4.69) is 54.0 Å². The molecular weight excluding hydrogens is 505 g/mol. The first-order chi connectivity index (χ1) is 18.8. The summed E-state index contributed by atoms with van der Waals surface area (Å²) in [5.74, 6) is -0.171. The highest BCUT2D eigenvalue weighted by atomic mass is 19.1. The minimum atomic E-state index is -0.513. The van der Waals surface area contributed by atoms with Crippen molar-refractivity contribution in [3.8, 4) is 11.6 Å². The summed E-state index contributed by atoms with van der Waals surface area (Å²) in [4.78, 5) is 46.6. The number of carbonyl (C=O) groups excluding carboxylic acids is 1. The number of nitrogens with zero attached hydrogens (tertiary/aromatic N) is 7. The van der Waals surface area contributed by atoms with Gasteiger partial charge in [-0.3, -0.25) is 14.2 Å². The maximum absolute atomic E-state index is 13.1. The van der Waals surface area contributed by atoms with Gasteiger partial charge >= 0.3 is 0 Å². The average molecular weight is 532 g/mol. The van der Waals surface area contributed by atoms with E-state index in [0.717, 1.165) is 38.1 Å². The van der Waals surface area contributed by atoms with E-state index in [1.807, 2.05) is 0 Å². The van der Waals surface area contributed by atoms with Crippen LogP contribution in [-0.4, -0.2) is 68.5 Å². The third kappa shape index (κ3) is 5.67. The fraction of sp³-hybridized carbons (Fsp3) is 0.231. The largest absolute Gasteiger partial charge is 0.433 e. The number of fused-ring (bicyclic) bond motifs is 1. The van der Waals surface area contributed by atoms with E-state index in [1.165, 1.54) is 35.0 Å². The number of amides is 1. The van der Waals surface area contributed by atoms with Crippen molar-refractivity contribution in [2.24, 2.45) is 7.05 Å². The number of likely N-dealkylation sites (N-methyl/N-ethyl adjacent to an activating group) is 1. The topological polar surface area (TPSA) is 130 Å². The lowest BCUT2D eigenvalue weighted by molar-refractivity contribution is -0.111. The zero-order valence-corrected chi connectivity index (χ0v) is 21.4. The average Bonchev–Trinajstić information content (AvgIpc) is 2.94. The second kappa shape index (κ2) is 10.8. The molecule has 0 aliphatic carbocycles. The minimum absolute atomic E-state index is 0.00261. The van der Waals surface area contributed by atoms with Crippen LogP contribution in [0.15, 0.2) is 60.3 Å². The molecule has 1 aliphatic heterocycles. The fourth-order valence-corrected chi connectivity index (χ4v) is 4.10. The number of hydrogen-bond donors (Lipinski definition) is 2. The molecule has 13 heteroatoms. The van der Waals surface area contributed by atoms with Crippen molar-refractivity contribution in [3.63, 3.8) is 0 Å². The van der Waals surface area contributed by atoms with E-state index in [4.69, 9.17) is 4.74 Å². The smallest absolute Gasteiger partial charge is 0.295 e. The first-order valence-electron chi connectivity index (χ1n) is 12.1. The second-order valence-corrected chi connectivity index (χ2v) is 8.96. The Morgan fingerprint density at radius 2 is 1.87 bits per heavy atom. The molecule has 4 aromatic rings. The highest BCUT2D eigenvalue weighted by molar-refractivity contribution is 6.01. The molecular formula is C26H26FN9O3. The quantitative estimate of drug-likeness (QED) is 0.343. The van der Waals surface area contributed by atoms with Gasteiger partial charge in [-0.05, 0) is 25.3 Å². The Kier molecular flexibility index (Phi) is 7.14. The second-order valence-electron chi connectivity index (χ2n) is 8.96. The normalized spacial score (nSPS) is 13.8. The lowest BCUT2D eigenvalue weighted by Gasteiger charge is -2.34. The lowest BCUT2D eigenvalue weighted by Crippen LogP contribution is -2.44. The number of rotatable bonds is 7. The van der Waals surface area contributed by atoms with Gasteiger partial charge < -0.3 is 25.2 Å². The summed E-state index contributed by atoms with van der Waals surface area (Å²) in [6.45, 7) is 6.92. The third-order valence-corrected chi connectivity index (χ3v) is 6.24. The Labute approximate surface area is 222 Å². The number of ether oxygens (including phenoxy) is 1. The van der Waals surface area contributed by atoms with Crippen LogP contribution in [0.2, 0.25) is 0 Å². The third-order valence-electron chi connectivity index (χ3n) is 6.24. The summed E-state index contributed by atoms with van der Waals surface area (Å²) >= 11 is 0. The molecule has 0 atom stereocenters. The molecule has 2 N–H and O–H groups in total. The van der Waals surface area contributed by atoms with Crippen LogP contribution in [0, 0.1) is 5.82 Å². The van der Waals surface area contributed by atoms with Crippen LogP contribution in [0.4, 0.5) is 27.5 Å². The monoisotopic (exact) mass is 531 g/mol. The number of nitrogens with one attached hydrogen (secondary N) is 2. The van der Waals surface area contributed by atoms with Crippen molar-refractivity contribution < 1.29 is 13.9 Å². The van der Waals surface area contributed by atoms with Crippen LogP contribution in [0.5, 0.6) is 11.6 Å². The highest BCUT2D eigenvalue weighted by Gasteiger charge is 2.19. The van der Waals surface area contributed by atoms with E-state index in [9.17, 15) is 14.0 Å². The fourth-order valence-electron chi connectivity index (χ4n) is 4.10. The molecule has 1 saturated heterocycles. The first-order valence-corrected chi connectivity index (χ1v) is 12.1. The number of hydrogen-bond acceptors (Lipinski definition) is 10. The molecule has 1 aliphatic rings. The molecule has 4 aromatic heterocycles. The van der Waals surface area contributed by atoms with Gasteiger partial charge in [0.2, 0.25) is 17.7 Å². The van der Waals surface area contributed by atoms with Crippen molar-refractivity contribution >= 4 is 40.1 Å². The molecule has 39 heavy (non-hydrogen) atoms. The zero-order valence-electron chi connectivity index (χ0n) is 21.4. The van der Waals surface area contributed by atoms with E-state index in [1.54, 1.807) is 19.3 Å². The van der Waals surface area contributed by atoms with Gasteiger partial charge in [0, 0.05) is 56.9 Å². The van der Waals surface area contributed by atoms with E-state index >= 15 is 0 Å². The molecule has 1 fully saturated rings. The van der Waals surface area contributed by atoms with Gasteiger partial charge in [-0.25, -0.2) is 19.3 Å². The van der Waals surface area contributed by atoms with Crippen molar-refractivity contribution in [1.29, 1.82) is 0 Å². The van der Waals surface area contributed by atoms with Crippen LogP contribution >= 0.6 is 0 Å². The molecule has 0 spiro atoms. The standard InChI is InChI=1S/C26H26FN9O3/c1-4-22(37)31-18-12-21(28-15-19(18)36-9-7-34(2)8-10-36)32-26-30-13-16-11-20(25(38)35(3)24(16)33-26)39-23-6-5-17(27)14-29-23/h4-6,11-15H,1,7-10H2,2-3H3,(H2,28,30,31,32,33,37). The lowest BCUT2D eigenvalue weighted by atomic mass is 10.2. The van der Waals surface area contributed by atoms with E-state index in [-0.39, 0.29) is 23.5 Å². The highest BCUT2D eigenvalue weighted by Crippen LogP contribution is 2.29. The van der Waals surface area contributed by atoms with E-state index < -0.39 is 11.4 Å². The summed E-state index contributed by atoms with van der Waals surface area (Å²) in [6.07, 6.45) is 5.44. The number of aryl methyl sites for hydroxylation is 1. The number of pyridine rings is 3. The zero-order chi connectivity index (χ0) is 27.5. The predicted octanol–water partition coefficient (Wildman–Crippen LogP) is 2.67. The minimum Gasteiger partial charge on any atom is -0.433 e. The van der Waals surface area contributed by atoms with Crippen LogP contribution in [0.25, 0.3) is 11.0 Å². The maximum Gasteiger partial charge on any atom is 0.295 e. The number of piperazine rings is 1. The van der Waals surface area contributed by atoms with Gasteiger partial charge in [0.05, 0.1) is 23.8 Å². The maximum atomic E-state index is 13.1. The molecule has 5 heterocycles. The Bertz CT molecular complexity index is 1600. The molecule has 0 unspecified atom stereocenters. The summed E-state index contributed by atoms with van der Waals surface area (Å²) in [7, 11) is 3.62. The van der Waals surface area contributed by atoms with E-state index in [0.29, 0.717) is 22.5 Å². The number of halogens is 1. The number of aromatic nitrogens is 5. The molecule has 5 rings (SSSR count). The van der Waals surface area contributed by atoms with Crippen molar-refractivity contribution in [2.45, 2.75) is 0 Å². The molecule has 1 amide bonds. The van der Waals surface area contributed by atoms with Gasteiger partial charge in [0.1, 0.15) is 17.3 Å². The summed E-state index contributed by atoms with van der Waals surface area (Å²) in [5.41, 5.74) is 1.27. The summed E-state index contributed by atoms with van der Waals surface area (Å²) in [5, 5.41) is 6.43. The Morgan fingerprint density at radius 3 is 2.59 bits per heavy atom. The van der Waals surface area contributed by atoms with Gasteiger partial charge in [-0.2, -0.15) is 4.98 Å². The SMILES string of the molecule is C=CC(=O)Nc1cc(Nc2ncc3cc(Oc4ccc(F)cn4)c(=O)n(C)c3n2)ncc1N1CCN(C)CC1. The number of anilines is 4. The van der Waals surface area contributed by atoms with Crippen LogP contribution in [0.3, 0.4) is 0 Å². The van der Waals surface area contributed by atoms with Crippen molar-refractivity contribution in [2.75, 3.05) is 48.8 Å². The predicted molar refractivity (Wildman–Crippen MR) is 145 cm³/mol. The molecule has 0 saturated carbocycles. The molecule has 200 valence electrons. The summed E-state index contributed by atoms with van der Waals surface area (Å²) < 4.78 is 20.0. The first kappa shape index (κ1) is 25.7. The van der Waals surface area contributed by atoms with Gasteiger partial charge in [0.25, 0.3) is 5.56 Å². The Morgan fingerprint density at radius 1 is 1.08 bits per heavy atom. The molecule has 0 radical (unpaired) electrons. The van der Waals surface area contributed by atoms with Crippen LogP contribution < -0.4 is 25.8 Å². The van der Waals surface area contributed by atoms with Gasteiger partial charge in [-0.15, -0.1) is 0 Å². The van der Waals surface area contributed by atoms with Gasteiger partial charge in [-0.1, -0.05) is 6.58 Å². The van der Waals surface area contributed by atoms with Crippen LogP contribution in [-0.2, 0) is 11.8 Å². The molecule has 0 aromatic carbocycles. The van der Waals surface area contributed by atoms with Crippen molar-refractivity contribution in [3.05, 3.63) is 71.7 Å². The van der Waals surface area contributed by atoms with Crippen molar-refractivity contribution in [1.82, 2.24) is 29.4 Å². The summed E-state index contributed by atoms with van der Waals surface area (Å²) in [6, 6.07) is 5.72. The molecule has 12 nitrogen and oxygen atoms in total. The van der Waals surface area contributed by atoms with Gasteiger partial charge in [0.15, 0.2) is 5.75 Å². The molecule has 0 bridgehead atoms.